The van der Waals surface area contributed by atoms with E-state index in [1.54, 1.807) is 37.1 Å². The zero-order chi connectivity index (χ0) is 19.9. The van der Waals surface area contributed by atoms with Crippen LogP contribution in [-0.2, 0) is 11.3 Å². The lowest BCUT2D eigenvalue weighted by molar-refractivity contribution is -0.124. The third kappa shape index (κ3) is 3.93. The summed E-state index contributed by atoms with van der Waals surface area (Å²) in [4.78, 5) is 26.8. The Kier molecular flexibility index (Phi) is 5.17. The molecule has 0 heterocycles. The Bertz CT molecular complexity index is 731. The molecule has 3 amide bonds. The number of halogens is 1. The van der Waals surface area contributed by atoms with Crippen molar-refractivity contribution in [1.29, 1.82) is 0 Å². The molecule has 5 nitrogen and oxygen atoms in total. The monoisotopic (exact) mass is 387 g/mol. The van der Waals surface area contributed by atoms with Gasteiger partial charge in [0.05, 0.1) is 6.04 Å². The molecular formula is C22H30FN3O2. The number of hydrogen-bond acceptors (Lipinski definition) is 3. The number of benzene rings is 1. The molecule has 4 aliphatic rings. The van der Waals surface area contributed by atoms with E-state index < -0.39 is 12.1 Å². The average molecular weight is 387 g/mol. The molecule has 0 radical (unpaired) electrons. The molecule has 152 valence electrons. The molecule has 5 rings (SSSR count). The Balaban J connectivity index is 1.31. The van der Waals surface area contributed by atoms with E-state index in [4.69, 9.17) is 0 Å². The minimum Gasteiger partial charge on any atom is -0.332 e. The number of amides is 3. The number of carbonyl (C=O) groups is 2. The normalized spacial score (nSPS) is 31.6. The molecule has 1 aromatic carbocycles. The first-order valence-electron chi connectivity index (χ1n) is 10.4. The van der Waals surface area contributed by atoms with Crippen molar-refractivity contribution in [1.82, 2.24) is 15.5 Å². The second kappa shape index (κ2) is 7.47. The fraction of sp³-hybridized carbons (Fsp3) is 0.636. The standard InChI is InChI=1S/C22H30FN3O2/c1-14(26(2)13-18-5-3-4-6-19(18)23)20(27)24-21(28)25-22-10-15-7-16(11-22)9-17(8-15)12-22/h3-6,14-17H,7-13H2,1-2H3,(H2,24,25,27,28). The van der Waals surface area contributed by atoms with E-state index in [0.29, 0.717) is 12.1 Å². The number of carbonyl (C=O) groups excluding carboxylic acids is 2. The first kappa shape index (κ1) is 19.4. The minimum atomic E-state index is -0.540. The summed E-state index contributed by atoms with van der Waals surface area (Å²) in [6, 6.07) is 5.60. The Labute approximate surface area is 166 Å². The van der Waals surface area contributed by atoms with Crippen LogP contribution in [0.1, 0.15) is 51.0 Å². The van der Waals surface area contributed by atoms with Crippen LogP contribution in [0.5, 0.6) is 0 Å². The van der Waals surface area contributed by atoms with Crippen LogP contribution in [0.25, 0.3) is 0 Å². The molecule has 4 aliphatic carbocycles. The molecule has 1 atom stereocenters. The van der Waals surface area contributed by atoms with Gasteiger partial charge in [0.25, 0.3) is 0 Å². The third-order valence-corrected chi connectivity index (χ3v) is 7.07. The van der Waals surface area contributed by atoms with Crippen molar-refractivity contribution < 1.29 is 14.0 Å². The van der Waals surface area contributed by atoms with E-state index in [9.17, 15) is 14.0 Å². The smallest absolute Gasteiger partial charge is 0.321 e. The molecule has 1 unspecified atom stereocenters. The van der Waals surface area contributed by atoms with Gasteiger partial charge < -0.3 is 5.32 Å². The number of hydrogen-bond donors (Lipinski definition) is 2. The summed E-state index contributed by atoms with van der Waals surface area (Å²) in [6.07, 6.45) is 7.05. The topological polar surface area (TPSA) is 61.4 Å². The van der Waals surface area contributed by atoms with Gasteiger partial charge in [0.1, 0.15) is 5.82 Å². The highest BCUT2D eigenvalue weighted by atomic mass is 19.1. The van der Waals surface area contributed by atoms with E-state index in [1.807, 2.05) is 0 Å². The first-order chi connectivity index (χ1) is 13.3. The number of nitrogens with zero attached hydrogens (tertiary/aromatic N) is 1. The fourth-order valence-electron chi connectivity index (χ4n) is 5.98. The van der Waals surface area contributed by atoms with Crippen molar-refractivity contribution in [2.45, 2.75) is 63.6 Å². The lowest BCUT2D eigenvalue weighted by Crippen LogP contribution is -2.62. The molecule has 4 fully saturated rings. The van der Waals surface area contributed by atoms with Gasteiger partial charge in [-0.05, 0) is 76.3 Å². The van der Waals surface area contributed by atoms with Crippen LogP contribution in [0.4, 0.5) is 9.18 Å². The van der Waals surface area contributed by atoms with E-state index in [1.165, 1.54) is 25.3 Å². The van der Waals surface area contributed by atoms with Crippen LogP contribution in [0.3, 0.4) is 0 Å². The van der Waals surface area contributed by atoms with Gasteiger partial charge in [-0.25, -0.2) is 9.18 Å². The van der Waals surface area contributed by atoms with Crippen molar-refractivity contribution >= 4 is 11.9 Å². The maximum absolute atomic E-state index is 13.8. The van der Waals surface area contributed by atoms with Crippen LogP contribution in [-0.4, -0.2) is 35.5 Å². The average Bonchev–Trinajstić information content (AvgIpc) is 2.61. The van der Waals surface area contributed by atoms with E-state index in [0.717, 1.165) is 37.0 Å². The quantitative estimate of drug-likeness (QED) is 0.814. The molecular weight excluding hydrogens is 357 g/mol. The van der Waals surface area contributed by atoms with E-state index >= 15 is 0 Å². The molecule has 0 aliphatic heterocycles. The predicted molar refractivity (Wildman–Crippen MR) is 105 cm³/mol. The highest BCUT2D eigenvalue weighted by Gasteiger charge is 2.51. The van der Waals surface area contributed by atoms with Crippen molar-refractivity contribution in [3.8, 4) is 0 Å². The first-order valence-corrected chi connectivity index (χ1v) is 10.4. The van der Waals surface area contributed by atoms with Gasteiger partial charge in [0, 0.05) is 17.6 Å². The maximum atomic E-state index is 13.8. The molecule has 1 aromatic rings. The van der Waals surface area contributed by atoms with Crippen LogP contribution in [0.15, 0.2) is 24.3 Å². The summed E-state index contributed by atoms with van der Waals surface area (Å²) in [5.74, 6) is 1.54. The van der Waals surface area contributed by atoms with Gasteiger partial charge in [-0.3, -0.25) is 15.0 Å². The number of imide groups is 1. The Morgan fingerprint density at radius 3 is 2.29 bits per heavy atom. The highest BCUT2D eigenvalue weighted by molar-refractivity contribution is 5.97. The molecule has 0 aromatic heterocycles. The van der Waals surface area contributed by atoms with Crippen molar-refractivity contribution in [3.05, 3.63) is 35.6 Å². The number of rotatable bonds is 5. The largest absolute Gasteiger partial charge is 0.332 e. The molecule has 4 saturated carbocycles. The zero-order valence-electron chi connectivity index (χ0n) is 16.7. The van der Waals surface area contributed by atoms with Gasteiger partial charge >= 0.3 is 6.03 Å². The van der Waals surface area contributed by atoms with E-state index in [-0.39, 0.29) is 17.3 Å². The number of nitrogens with one attached hydrogen (secondary N) is 2. The van der Waals surface area contributed by atoms with Gasteiger partial charge in [0.15, 0.2) is 0 Å². The Morgan fingerprint density at radius 2 is 1.71 bits per heavy atom. The summed E-state index contributed by atoms with van der Waals surface area (Å²) >= 11 is 0. The lowest BCUT2D eigenvalue weighted by atomic mass is 9.53. The van der Waals surface area contributed by atoms with Crippen LogP contribution in [0.2, 0.25) is 0 Å². The van der Waals surface area contributed by atoms with Gasteiger partial charge in [-0.2, -0.15) is 0 Å². The summed E-state index contributed by atoms with van der Waals surface area (Å²) < 4.78 is 13.8. The number of likely N-dealkylation sites (N-methyl/N-ethyl adjacent to an activating group) is 1. The molecule has 4 bridgehead atoms. The Hall–Kier alpha value is -1.95. The van der Waals surface area contributed by atoms with Crippen molar-refractivity contribution in [2.24, 2.45) is 17.8 Å². The molecule has 2 N–H and O–H groups in total. The second-order valence-electron chi connectivity index (χ2n) is 9.32. The van der Waals surface area contributed by atoms with Gasteiger partial charge in [-0.15, -0.1) is 0 Å². The second-order valence-corrected chi connectivity index (χ2v) is 9.32. The Morgan fingerprint density at radius 1 is 1.14 bits per heavy atom. The molecule has 28 heavy (non-hydrogen) atoms. The zero-order valence-corrected chi connectivity index (χ0v) is 16.7. The lowest BCUT2D eigenvalue weighted by Gasteiger charge is -2.56. The predicted octanol–water partition coefficient (Wildman–Crippen LogP) is 3.44. The van der Waals surface area contributed by atoms with Crippen LogP contribution >= 0.6 is 0 Å². The molecule has 0 spiro atoms. The summed E-state index contributed by atoms with van der Waals surface area (Å²) in [5.41, 5.74) is 0.407. The SMILES string of the molecule is CC(C(=O)NC(=O)NC12CC3CC(CC(C3)C1)C2)N(C)Cc1ccccc1F. The fourth-order valence-corrected chi connectivity index (χ4v) is 5.98. The van der Waals surface area contributed by atoms with Gasteiger partial charge in [0.2, 0.25) is 5.91 Å². The third-order valence-electron chi connectivity index (χ3n) is 7.07. The summed E-state index contributed by atoms with van der Waals surface area (Å²) in [6.45, 7) is 2.03. The van der Waals surface area contributed by atoms with E-state index in [2.05, 4.69) is 10.6 Å². The maximum Gasteiger partial charge on any atom is 0.321 e. The summed E-state index contributed by atoms with van der Waals surface area (Å²) in [7, 11) is 1.76. The van der Waals surface area contributed by atoms with Crippen LogP contribution < -0.4 is 10.6 Å². The summed E-state index contributed by atoms with van der Waals surface area (Å²) in [5, 5.41) is 5.67. The van der Waals surface area contributed by atoms with Crippen LogP contribution in [0, 0.1) is 23.6 Å². The molecule has 6 heteroatoms. The van der Waals surface area contributed by atoms with Gasteiger partial charge in [-0.1, -0.05) is 18.2 Å². The highest BCUT2D eigenvalue weighted by Crippen LogP contribution is 2.55. The van der Waals surface area contributed by atoms with Crippen molar-refractivity contribution in [3.63, 3.8) is 0 Å². The molecule has 0 saturated heterocycles. The number of urea groups is 1. The van der Waals surface area contributed by atoms with Crippen molar-refractivity contribution in [2.75, 3.05) is 7.05 Å². The minimum absolute atomic E-state index is 0.124.